The first-order valence-electron chi connectivity index (χ1n) is 10.3. The van der Waals surface area contributed by atoms with Crippen molar-refractivity contribution in [3.05, 3.63) is 64.7 Å². The minimum atomic E-state index is -3.73. The quantitative estimate of drug-likeness (QED) is 0.597. The Morgan fingerprint density at radius 3 is 2.06 bits per heavy atom. The van der Waals surface area contributed by atoms with Crippen LogP contribution in [0.5, 0.6) is 0 Å². The van der Waals surface area contributed by atoms with E-state index in [1.165, 1.54) is 4.90 Å². The lowest BCUT2D eigenvalue weighted by atomic mass is 10.1. The molecule has 2 aromatic carbocycles. The first-order chi connectivity index (χ1) is 14.9. The van der Waals surface area contributed by atoms with E-state index in [0.29, 0.717) is 10.7 Å². The van der Waals surface area contributed by atoms with Gasteiger partial charge in [-0.2, -0.15) is 0 Å². The number of rotatable bonds is 9. The van der Waals surface area contributed by atoms with Crippen molar-refractivity contribution in [2.75, 3.05) is 17.1 Å². The number of nitrogens with zero attached hydrogens (tertiary/aromatic N) is 2. The molecule has 0 saturated heterocycles. The van der Waals surface area contributed by atoms with Crippen LogP contribution < -0.4 is 9.62 Å². The lowest BCUT2D eigenvalue weighted by Gasteiger charge is -2.32. The summed E-state index contributed by atoms with van der Waals surface area (Å²) in [4.78, 5) is 27.4. The van der Waals surface area contributed by atoms with E-state index in [4.69, 9.17) is 11.6 Å². The highest BCUT2D eigenvalue weighted by Gasteiger charge is 2.30. The van der Waals surface area contributed by atoms with Crippen LogP contribution in [0.4, 0.5) is 5.69 Å². The Morgan fingerprint density at radius 2 is 1.56 bits per heavy atom. The van der Waals surface area contributed by atoms with Crippen molar-refractivity contribution in [2.24, 2.45) is 0 Å². The van der Waals surface area contributed by atoms with E-state index in [9.17, 15) is 18.0 Å². The average Bonchev–Trinajstić information content (AvgIpc) is 2.70. The molecule has 0 bridgehead atoms. The molecule has 2 rings (SSSR count). The lowest BCUT2D eigenvalue weighted by molar-refractivity contribution is -0.139. The van der Waals surface area contributed by atoms with E-state index in [2.05, 4.69) is 5.32 Å². The molecule has 0 aromatic heterocycles. The highest BCUT2D eigenvalue weighted by molar-refractivity contribution is 7.92. The molecular formula is C23H30ClN3O4S. The topological polar surface area (TPSA) is 86.8 Å². The van der Waals surface area contributed by atoms with Gasteiger partial charge in [-0.15, -0.1) is 0 Å². The Bertz CT molecular complexity index is 1040. The molecule has 0 heterocycles. The Kier molecular flexibility index (Phi) is 8.69. The second kappa shape index (κ2) is 10.8. The predicted octanol–water partition coefficient (Wildman–Crippen LogP) is 3.36. The molecule has 2 amide bonds. The van der Waals surface area contributed by atoms with Crippen LogP contribution in [-0.4, -0.2) is 50.0 Å². The van der Waals surface area contributed by atoms with Gasteiger partial charge in [-0.05, 0) is 57.5 Å². The molecule has 1 atom stereocenters. The van der Waals surface area contributed by atoms with Gasteiger partial charge in [0.15, 0.2) is 0 Å². The summed E-state index contributed by atoms with van der Waals surface area (Å²) in [7, 11) is -3.73. The number of benzene rings is 2. The average molecular weight is 480 g/mol. The largest absolute Gasteiger partial charge is 0.352 e. The highest BCUT2D eigenvalue weighted by Crippen LogP contribution is 2.20. The van der Waals surface area contributed by atoms with Crippen LogP contribution >= 0.6 is 11.6 Å². The van der Waals surface area contributed by atoms with Crippen LogP contribution in [0, 0.1) is 6.92 Å². The van der Waals surface area contributed by atoms with Gasteiger partial charge in [0.2, 0.25) is 21.8 Å². The summed E-state index contributed by atoms with van der Waals surface area (Å²) in [6, 6.07) is 12.9. The van der Waals surface area contributed by atoms with Crippen molar-refractivity contribution in [3.63, 3.8) is 0 Å². The molecular weight excluding hydrogens is 450 g/mol. The second-order valence-corrected chi connectivity index (χ2v) is 10.4. The smallest absolute Gasteiger partial charge is 0.244 e. The Hall–Kier alpha value is -2.58. The van der Waals surface area contributed by atoms with E-state index in [-0.39, 0.29) is 18.5 Å². The van der Waals surface area contributed by atoms with Crippen LogP contribution in [-0.2, 0) is 26.2 Å². The van der Waals surface area contributed by atoms with Gasteiger partial charge in [0.05, 0.1) is 11.9 Å². The zero-order chi connectivity index (χ0) is 24.1. The summed E-state index contributed by atoms with van der Waals surface area (Å²) in [5.74, 6) is -0.805. The fourth-order valence-corrected chi connectivity index (χ4v) is 4.07. The molecule has 7 nitrogen and oxygen atoms in total. The van der Waals surface area contributed by atoms with Crippen LogP contribution in [0.2, 0.25) is 5.02 Å². The van der Waals surface area contributed by atoms with E-state index < -0.39 is 28.5 Å². The minimum absolute atomic E-state index is 0.0995. The van der Waals surface area contributed by atoms with Crippen molar-refractivity contribution in [3.8, 4) is 0 Å². The number of sulfonamides is 1. The van der Waals surface area contributed by atoms with Crippen LogP contribution in [0.1, 0.15) is 31.9 Å². The van der Waals surface area contributed by atoms with Gasteiger partial charge >= 0.3 is 0 Å². The number of carbonyl (C=O) groups is 2. The zero-order valence-electron chi connectivity index (χ0n) is 19.0. The van der Waals surface area contributed by atoms with E-state index in [1.54, 1.807) is 55.5 Å². The monoisotopic (exact) mass is 479 g/mol. The third kappa shape index (κ3) is 7.24. The molecule has 174 valence electrons. The molecule has 0 saturated carbocycles. The fraction of sp³-hybridized carbons (Fsp3) is 0.391. The van der Waals surface area contributed by atoms with Crippen molar-refractivity contribution >= 4 is 39.1 Å². The number of hydrogen-bond acceptors (Lipinski definition) is 4. The Morgan fingerprint density at radius 1 is 1.00 bits per heavy atom. The highest BCUT2D eigenvalue weighted by atomic mass is 35.5. The third-order valence-corrected chi connectivity index (χ3v) is 6.26. The molecule has 0 aliphatic heterocycles. The fourth-order valence-electron chi connectivity index (χ4n) is 3.10. The molecule has 0 radical (unpaired) electrons. The summed E-state index contributed by atoms with van der Waals surface area (Å²) in [5, 5.41) is 3.36. The second-order valence-electron chi connectivity index (χ2n) is 8.09. The van der Waals surface area contributed by atoms with Crippen LogP contribution in [0.3, 0.4) is 0 Å². The van der Waals surface area contributed by atoms with E-state index in [0.717, 1.165) is 21.7 Å². The molecule has 32 heavy (non-hydrogen) atoms. The van der Waals surface area contributed by atoms with Gasteiger partial charge < -0.3 is 10.2 Å². The molecule has 0 fully saturated rings. The summed E-state index contributed by atoms with van der Waals surface area (Å²) >= 11 is 5.96. The normalized spacial score (nSPS) is 12.3. The lowest BCUT2D eigenvalue weighted by Crippen LogP contribution is -2.52. The number of aryl methyl sites for hydroxylation is 1. The van der Waals surface area contributed by atoms with Gasteiger partial charge in [0.25, 0.3) is 0 Å². The Balaban J connectivity index is 2.36. The molecule has 1 N–H and O–H groups in total. The number of nitrogens with one attached hydrogen (secondary N) is 1. The van der Waals surface area contributed by atoms with Crippen molar-refractivity contribution in [1.82, 2.24) is 10.2 Å². The van der Waals surface area contributed by atoms with Gasteiger partial charge in [0.1, 0.15) is 12.6 Å². The van der Waals surface area contributed by atoms with Gasteiger partial charge in [-0.25, -0.2) is 8.42 Å². The first-order valence-corrected chi connectivity index (χ1v) is 12.5. The van der Waals surface area contributed by atoms with Gasteiger partial charge in [-0.3, -0.25) is 13.9 Å². The first kappa shape index (κ1) is 25.7. The number of halogens is 1. The maximum Gasteiger partial charge on any atom is 0.244 e. The molecule has 1 unspecified atom stereocenters. The van der Waals surface area contributed by atoms with Crippen molar-refractivity contribution in [2.45, 2.75) is 46.3 Å². The van der Waals surface area contributed by atoms with E-state index >= 15 is 0 Å². The van der Waals surface area contributed by atoms with Crippen molar-refractivity contribution < 1.29 is 18.0 Å². The number of amides is 2. The van der Waals surface area contributed by atoms with Crippen LogP contribution in [0.15, 0.2) is 48.5 Å². The SMILES string of the molecule is Cc1ccc(N(CC(=O)N(Cc2ccc(Cl)cc2)C(C)C(=O)NC(C)C)S(C)(=O)=O)cc1. The minimum Gasteiger partial charge on any atom is -0.352 e. The third-order valence-electron chi connectivity index (χ3n) is 4.87. The summed E-state index contributed by atoms with van der Waals surface area (Å²) < 4.78 is 26.0. The van der Waals surface area contributed by atoms with Gasteiger partial charge in [0, 0.05) is 17.6 Å². The summed E-state index contributed by atoms with van der Waals surface area (Å²) in [6.07, 6.45) is 1.05. The van der Waals surface area contributed by atoms with E-state index in [1.807, 2.05) is 20.8 Å². The number of hydrogen-bond donors (Lipinski definition) is 1. The predicted molar refractivity (Wildman–Crippen MR) is 128 cm³/mol. The molecule has 0 aliphatic carbocycles. The maximum atomic E-state index is 13.4. The molecule has 2 aromatic rings. The number of anilines is 1. The standard InChI is InChI=1S/C23H30ClN3O4S/c1-16(2)25-23(29)18(4)26(14-19-8-10-20(24)11-9-19)22(28)15-27(32(5,30)31)21-12-6-17(3)7-13-21/h6-13,16,18H,14-15H2,1-5H3,(H,25,29). The maximum absolute atomic E-state index is 13.4. The summed E-state index contributed by atoms with van der Waals surface area (Å²) in [6.45, 7) is 6.89. The van der Waals surface area contributed by atoms with Gasteiger partial charge in [-0.1, -0.05) is 41.4 Å². The number of carbonyl (C=O) groups excluding carboxylic acids is 2. The van der Waals surface area contributed by atoms with Crippen LogP contribution in [0.25, 0.3) is 0 Å². The summed E-state index contributed by atoms with van der Waals surface area (Å²) in [5.41, 5.74) is 2.13. The molecule has 0 spiro atoms. The molecule has 9 heteroatoms. The van der Waals surface area contributed by atoms with Crippen molar-refractivity contribution in [1.29, 1.82) is 0 Å². The Labute approximate surface area is 195 Å². The molecule has 0 aliphatic rings. The zero-order valence-corrected chi connectivity index (χ0v) is 20.6.